The van der Waals surface area contributed by atoms with Crippen molar-refractivity contribution >= 4 is 28.9 Å². The normalized spacial score (nSPS) is 36.3. The van der Waals surface area contributed by atoms with E-state index < -0.39 is 5.54 Å². The van der Waals surface area contributed by atoms with Gasteiger partial charge in [0.15, 0.2) is 5.11 Å². The molecule has 7 rings (SSSR count). The molecule has 2 aliphatic heterocycles. The molecule has 30 heavy (non-hydrogen) atoms. The van der Waals surface area contributed by atoms with Crippen LogP contribution in [0, 0.1) is 17.8 Å². The predicted octanol–water partition coefficient (Wildman–Crippen LogP) is 3.26. The molecule has 4 bridgehead atoms. The van der Waals surface area contributed by atoms with Gasteiger partial charge in [-0.25, -0.2) is 0 Å². The van der Waals surface area contributed by atoms with Crippen molar-refractivity contribution in [1.82, 2.24) is 15.5 Å². The van der Waals surface area contributed by atoms with Crippen molar-refractivity contribution < 1.29 is 4.79 Å². The van der Waals surface area contributed by atoms with Gasteiger partial charge in [-0.2, -0.15) is 0 Å². The van der Waals surface area contributed by atoms with E-state index in [1.807, 2.05) is 18.2 Å². The van der Waals surface area contributed by atoms with Crippen LogP contribution >= 0.6 is 12.2 Å². The van der Waals surface area contributed by atoms with E-state index in [0.717, 1.165) is 54.5 Å². The molecule has 0 radical (unpaired) electrons. The number of hydrogen-bond acceptors (Lipinski definition) is 3. The van der Waals surface area contributed by atoms with Crippen LogP contribution in [0.5, 0.6) is 0 Å². The van der Waals surface area contributed by atoms with Gasteiger partial charge in [-0.3, -0.25) is 4.79 Å². The van der Waals surface area contributed by atoms with Crippen LogP contribution < -0.4 is 15.5 Å². The highest BCUT2D eigenvalue weighted by Crippen LogP contribution is 2.55. The van der Waals surface area contributed by atoms with Gasteiger partial charge >= 0.3 is 0 Å². The number of thiocarbonyl (C=S) groups is 1. The van der Waals surface area contributed by atoms with Crippen LogP contribution in [-0.2, 0) is 4.79 Å². The number of rotatable bonds is 2. The summed E-state index contributed by atoms with van der Waals surface area (Å²) in [6.07, 6.45) is 9.90. The van der Waals surface area contributed by atoms with Crippen molar-refractivity contribution in [3.63, 3.8) is 0 Å². The lowest BCUT2D eigenvalue weighted by Gasteiger charge is -2.57. The van der Waals surface area contributed by atoms with E-state index in [2.05, 4.69) is 32.6 Å². The maximum atomic E-state index is 12.9. The molecular weight excluding hydrogens is 392 g/mol. The molecule has 6 aliphatic rings. The van der Waals surface area contributed by atoms with Gasteiger partial charge in [0.2, 0.25) is 5.91 Å². The number of likely N-dealkylation sites (tertiary alicyclic amines) is 1. The first-order valence-corrected chi connectivity index (χ1v) is 12.1. The van der Waals surface area contributed by atoms with Crippen molar-refractivity contribution in [1.29, 1.82) is 0 Å². The van der Waals surface area contributed by atoms with Gasteiger partial charge in [0.25, 0.3) is 0 Å². The van der Waals surface area contributed by atoms with Gasteiger partial charge in [0.05, 0.1) is 6.67 Å². The fourth-order valence-electron chi connectivity index (χ4n) is 7.68. The van der Waals surface area contributed by atoms with Gasteiger partial charge < -0.3 is 20.4 Å². The third kappa shape index (κ3) is 2.94. The Bertz CT molecular complexity index is 813. The Morgan fingerprint density at radius 3 is 2.20 bits per heavy atom. The summed E-state index contributed by atoms with van der Waals surface area (Å²) in [6.45, 7) is 2.28. The van der Waals surface area contributed by atoms with Gasteiger partial charge in [-0.15, -0.1) is 0 Å². The highest BCUT2D eigenvalue weighted by Gasteiger charge is 2.53. The summed E-state index contributed by atoms with van der Waals surface area (Å²) in [6, 6.07) is 10.3. The molecule has 2 saturated heterocycles. The summed E-state index contributed by atoms with van der Waals surface area (Å²) >= 11 is 5.93. The van der Waals surface area contributed by atoms with Crippen molar-refractivity contribution in [3.05, 3.63) is 30.3 Å². The minimum atomic E-state index is -0.436. The summed E-state index contributed by atoms with van der Waals surface area (Å²) in [5, 5.41) is 7.89. The van der Waals surface area contributed by atoms with Crippen LogP contribution in [0.2, 0.25) is 0 Å². The molecule has 0 unspecified atom stereocenters. The average Bonchev–Trinajstić information content (AvgIpc) is 3.03. The third-order valence-electron chi connectivity index (χ3n) is 8.69. The minimum Gasteiger partial charge on any atom is -0.357 e. The summed E-state index contributed by atoms with van der Waals surface area (Å²) < 4.78 is 0. The minimum absolute atomic E-state index is 0.172. The van der Waals surface area contributed by atoms with Crippen molar-refractivity contribution in [2.75, 3.05) is 24.7 Å². The zero-order chi connectivity index (χ0) is 20.3. The number of amides is 1. The Kier molecular flexibility index (Phi) is 4.31. The largest absolute Gasteiger partial charge is 0.357 e. The second-order valence-electron chi connectivity index (χ2n) is 10.6. The van der Waals surface area contributed by atoms with Crippen LogP contribution in [0.25, 0.3) is 0 Å². The van der Waals surface area contributed by atoms with E-state index in [4.69, 9.17) is 12.2 Å². The number of anilines is 1. The number of nitrogens with zero attached hydrogens (tertiary/aromatic N) is 2. The van der Waals surface area contributed by atoms with Crippen LogP contribution in [0.4, 0.5) is 5.69 Å². The molecule has 1 amide bonds. The second-order valence-corrected chi connectivity index (χ2v) is 11.0. The van der Waals surface area contributed by atoms with Gasteiger partial charge in [-0.05, 0) is 93.5 Å². The molecule has 1 aromatic carbocycles. The SMILES string of the molecule is O=C1NCN(c2ccccc2)C12CCN(C(=S)NC13CC4CC(CC(C4)C1)C3)CC2. The monoisotopic (exact) mass is 424 g/mol. The van der Waals surface area contributed by atoms with E-state index >= 15 is 0 Å². The summed E-state index contributed by atoms with van der Waals surface area (Å²) in [4.78, 5) is 17.5. The Hall–Kier alpha value is -1.82. The van der Waals surface area contributed by atoms with E-state index in [0.29, 0.717) is 6.67 Å². The van der Waals surface area contributed by atoms with E-state index in [-0.39, 0.29) is 11.4 Å². The lowest BCUT2D eigenvalue weighted by Crippen LogP contribution is -2.64. The molecule has 0 atom stereocenters. The highest BCUT2D eigenvalue weighted by molar-refractivity contribution is 7.80. The molecular formula is C24H32N4OS. The quantitative estimate of drug-likeness (QED) is 0.714. The van der Waals surface area contributed by atoms with Gasteiger partial charge in [-0.1, -0.05) is 18.2 Å². The smallest absolute Gasteiger partial charge is 0.247 e. The van der Waals surface area contributed by atoms with E-state index in [1.54, 1.807) is 0 Å². The molecule has 0 aromatic heterocycles. The molecule has 5 nitrogen and oxygen atoms in total. The Morgan fingerprint density at radius 2 is 1.60 bits per heavy atom. The number of carbonyl (C=O) groups excluding carboxylic acids is 1. The summed E-state index contributed by atoms with van der Waals surface area (Å²) in [5.74, 6) is 2.92. The molecule has 1 aromatic rings. The molecule has 1 spiro atoms. The maximum absolute atomic E-state index is 12.9. The van der Waals surface area contributed by atoms with Gasteiger partial charge in [0.1, 0.15) is 5.54 Å². The van der Waals surface area contributed by atoms with Crippen LogP contribution in [0.15, 0.2) is 30.3 Å². The number of carbonyl (C=O) groups is 1. The maximum Gasteiger partial charge on any atom is 0.247 e. The molecule has 4 saturated carbocycles. The molecule has 160 valence electrons. The first-order chi connectivity index (χ1) is 14.6. The average molecular weight is 425 g/mol. The van der Waals surface area contributed by atoms with Gasteiger partial charge in [0, 0.05) is 24.3 Å². The molecule has 4 aliphatic carbocycles. The molecule has 6 fully saturated rings. The lowest BCUT2D eigenvalue weighted by molar-refractivity contribution is -0.124. The Balaban J connectivity index is 1.14. The first kappa shape index (κ1) is 18.9. The zero-order valence-corrected chi connectivity index (χ0v) is 18.4. The van der Waals surface area contributed by atoms with E-state index in [9.17, 15) is 4.79 Å². The van der Waals surface area contributed by atoms with E-state index in [1.165, 1.54) is 38.5 Å². The first-order valence-electron chi connectivity index (χ1n) is 11.7. The second kappa shape index (κ2) is 6.84. The zero-order valence-electron chi connectivity index (χ0n) is 17.6. The fourth-order valence-corrected chi connectivity index (χ4v) is 8.08. The molecule has 6 heteroatoms. The van der Waals surface area contributed by atoms with Crippen LogP contribution in [0.3, 0.4) is 0 Å². The topological polar surface area (TPSA) is 47.6 Å². The van der Waals surface area contributed by atoms with Crippen molar-refractivity contribution in [2.24, 2.45) is 17.8 Å². The molecule has 2 N–H and O–H groups in total. The number of para-hydroxylation sites is 1. The Morgan fingerprint density at radius 1 is 1.00 bits per heavy atom. The molecule has 2 heterocycles. The lowest BCUT2D eigenvalue weighted by atomic mass is 9.53. The predicted molar refractivity (Wildman–Crippen MR) is 122 cm³/mol. The number of piperidine rings is 1. The number of nitrogens with one attached hydrogen (secondary N) is 2. The fraction of sp³-hybridized carbons (Fsp3) is 0.667. The summed E-state index contributed by atoms with van der Waals surface area (Å²) in [7, 11) is 0. The number of benzene rings is 1. The standard InChI is InChI=1S/C24H32N4OS/c29-21-24(28(16-25-21)20-4-2-1-3-5-20)6-8-27(9-7-24)22(30)26-23-13-17-10-18(14-23)12-19(11-17)15-23/h1-5,17-19H,6-16H2,(H,25,29)(H,26,30). The summed E-state index contributed by atoms with van der Waals surface area (Å²) in [5.41, 5.74) is 0.939. The highest BCUT2D eigenvalue weighted by atomic mass is 32.1. The third-order valence-corrected chi connectivity index (χ3v) is 9.05. The number of hydrogen-bond donors (Lipinski definition) is 2. The van der Waals surface area contributed by atoms with Crippen molar-refractivity contribution in [2.45, 2.75) is 62.4 Å². The Labute approximate surface area is 184 Å². The van der Waals surface area contributed by atoms with Crippen molar-refractivity contribution in [3.8, 4) is 0 Å². The van der Waals surface area contributed by atoms with Crippen LogP contribution in [-0.4, -0.2) is 46.8 Å². The van der Waals surface area contributed by atoms with Crippen LogP contribution in [0.1, 0.15) is 51.4 Å².